The molecule has 13 heavy (non-hydrogen) atoms. The van der Waals surface area contributed by atoms with E-state index in [0.29, 0.717) is 0 Å². The number of hydrogen-bond donors (Lipinski definition) is 1. The zero-order valence-electron chi connectivity index (χ0n) is 6.92. The Morgan fingerprint density at radius 3 is 2.77 bits per heavy atom. The second kappa shape index (κ2) is 3.18. The maximum Gasteiger partial charge on any atom is 0.116 e. The van der Waals surface area contributed by atoms with Gasteiger partial charge in [-0.3, -0.25) is 0 Å². The van der Waals surface area contributed by atoms with Gasteiger partial charge in [-0.05, 0) is 64.0 Å². The maximum absolute atomic E-state index is 9.36. The molecule has 2 rings (SSSR count). The molecule has 0 aromatic heterocycles. The van der Waals surface area contributed by atoms with E-state index in [9.17, 15) is 5.11 Å². The zero-order valence-corrected chi connectivity index (χ0v) is 9.08. The molecule has 0 heterocycles. The highest BCUT2D eigenvalue weighted by atomic mass is 127. The molecular weight excluding hydrogens is 275 g/mol. The van der Waals surface area contributed by atoms with Gasteiger partial charge in [-0.15, -0.1) is 0 Å². The van der Waals surface area contributed by atoms with Gasteiger partial charge in [-0.25, -0.2) is 0 Å². The standard InChI is InChI=1S/C11H8IO/c1-7-5-9(13)6-8-3-2-4-10(12)11(7)8/h2-6,13H,1H2. The summed E-state index contributed by atoms with van der Waals surface area (Å²) < 4.78 is 1.17. The molecule has 0 atom stereocenters. The molecule has 0 aliphatic heterocycles. The lowest BCUT2D eigenvalue weighted by Gasteiger charge is -2.04. The lowest BCUT2D eigenvalue weighted by atomic mass is 10.1. The normalized spacial score (nSPS) is 10.6. The number of aromatic hydroxyl groups is 1. The average Bonchev–Trinajstić information content (AvgIpc) is 2.02. The van der Waals surface area contributed by atoms with Crippen LogP contribution in [-0.4, -0.2) is 5.11 Å². The van der Waals surface area contributed by atoms with Crippen LogP contribution in [0.3, 0.4) is 0 Å². The van der Waals surface area contributed by atoms with Crippen LogP contribution in [0.5, 0.6) is 5.75 Å². The van der Waals surface area contributed by atoms with E-state index in [1.165, 1.54) is 3.57 Å². The number of phenolic OH excluding ortho intramolecular Hbond substituents is 1. The van der Waals surface area contributed by atoms with E-state index in [4.69, 9.17) is 0 Å². The molecule has 0 saturated heterocycles. The molecular formula is C11H8IO. The molecule has 0 bridgehead atoms. The van der Waals surface area contributed by atoms with Gasteiger partial charge in [-0.1, -0.05) is 12.1 Å². The van der Waals surface area contributed by atoms with Gasteiger partial charge in [0.05, 0.1) is 0 Å². The molecule has 1 nitrogen and oxygen atoms in total. The van der Waals surface area contributed by atoms with Gasteiger partial charge < -0.3 is 5.11 Å². The van der Waals surface area contributed by atoms with Crippen LogP contribution < -0.4 is 0 Å². The Bertz CT molecular complexity index is 463. The van der Waals surface area contributed by atoms with Crippen LogP contribution in [0.4, 0.5) is 0 Å². The van der Waals surface area contributed by atoms with E-state index >= 15 is 0 Å². The quantitative estimate of drug-likeness (QED) is 0.735. The van der Waals surface area contributed by atoms with Gasteiger partial charge >= 0.3 is 0 Å². The summed E-state index contributed by atoms with van der Waals surface area (Å²) in [5.74, 6) is 0.277. The van der Waals surface area contributed by atoms with E-state index in [2.05, 4.69) is 29.5 Å². The number of rotatable bonds is 0. The van der Waals surface area contributed by atoms with Crippen molar-refractivity contribution in [2.75, 3.05) is 0 Å². The van der Waals surface area contributed by atoms with Crippen molar-refractivity contribution in [2.45, 2.75) is 0 Å². The van der Waals surface area contributed by atoms with Crippen LogP contribution in [-0.2, 0) is 0 Å². The third-order valence-corrected chi connectivity index (χ3v) is 2.89. The summed E-state index contributed by atoms with van der Waals surface area (Å²) in [6.07, 6.45) is 0. The first-order valence-corrected chi connectivity index (χ1v) is 4.99. The predicted octanol–water partition coefficient (Wildman–Crippen LogP) is 3.33. The van der Waals surface area contributed by atoms with Crippen LogP contribution >= 0.6 is 22.6 Å². The monoisotopic (exact) mass is 283 g/mol. The first-order valence-electron chi connectivity index (χ1n) is 3.91. The van der Waals surface area contributed by atoms with Gasteiger partial charge in [0, 0.05) is 3.57 Å². The van der Waals surface area contributed by atoms with E-state index in [1.54, 1.807) is 12.1 Å². The van der Waals surface area contributed by atoms with E-state index in [-0.39, 0.29) is 5.75 Å². The Kier molecular flexibility index (Phi) is 2.15. The van der Waals surface area contributed by atoms with Gasteiger partial charge in [0.1, 0.15) is 5.75 Å². The molecule has 2 aromatic carbocycles. The fourth-order valence-corrected chi connectivity index (χ4v) is 2.32. The number of benzene rings is 2. The van der Waals surface area contributed by atoms with Gasteiger partial charge in [0.15, 0.2) is 0 Å². The zero-order chi connectivity index (χ0) is 9.42. The summed E-state index contributed by atoms with van der Waals surface area (Å²) in [5, 5.41) is 11.5. The van der Waals surface area contributed by atoms with Gasteiger partial charge in [-0.2, -0.15) is 0 Å². The Labute approximate surface area is 90.5 Å². The molecule has 1 radical (unpaired) electrons. The number of fused-ring (bicyclic) bond motifs is 1. The lowest BCUT2D eigenvalue weighted by molar-refractivity contribution is 0.476. The SMILES string of the molecule is [CH2]c1cc(O)cc2cccc(I)c12. The van der Waals surface area contributed by atoms with Crippen molar-refractivity contribution in [1.82, 2.24) is 0 Å². The van der Waals surface area contributed by atoms with Crippen LogP contribution in [0.25, 0.3) is 10.8 Å². The fourth-order valence-electron chi connectivity index (χ4n) is 1.45. The van der Waals surface area contributed by atoms with Gasteiger partial charge in [0.25, 0.3) is 0 Å². The molecule has 2 heteroatoms. The average molecular weight is 283 g/mol. The van der Waals surface area contributed by atoms with Crippen LogP contribution in [0.1, 0.15) is 5.56 Å². The molecule has 0 unspecified atom stereocenters. The Morgan fingerprint density at radius 1 is 1.23 bits per heavy atom. The fraction of sp³-hybridized carbons (Fsp3) is 0. The summed E-state index contributed by atoms with van der Waals surface area (Å²) in [6, 6.07) is 9.43. The molecule has 0 aliphatic carbocycles. The van der Waals surface area contributed by atoms with Crippen molar-refractivity contribution < 1.29 is 5.11 Å². The van der Waals surface area contributed by atoms with Gasteiger partial charge in [0.2, 0.25) is 0 Å². The largest absolute Gasteiger partial charge is 0.508 e. The van der Waals surface area contributed by atoms with Crippen molar-refractivity contribution in [3.8, 4) is 5.75 Å². The molecule has 0 aliphatic rings. The smallest absolute Gasteiger partial charge is 0.116 e. The summed E-state index contributed by atoms with van der Waals surface area (Å²) >= 11 is 2.27. The van der Waals surface area contributed by atoms with E-state index in [1.807, 2.05) is 18.2 Å². The Hall–Kier alpha value is -0.770. The van der Waals surface area contributed by atoms with Crippen LogP contribution in [0.2, 0.25) is 0 Å². The molecule has 1 N–H and O–H groups in total. The summed E-state index contributed by atoms with van der Waals surface area (Å²) in [4.78, 5) is 0. The van der Waals surface area contributed by atoms with Crippen molar-refractivity contribution in [3.63, 3.8) is 0 Å². The first kappa shape index (κ1) is 8.81. The minimum atomic E-state index is 0.277. The Balaban J connectivity index is 2.94. The molecule has 65 valence electrons. The van der Waals surface area contributed by atoms with E-state index in [0.717, 1.165) is 16.3 Å². The lowest BCUT2D eigenvalue weighted by Crippen LogP contribution is -1.82. The maximum atomic E-state index is 9.36. The number of phenols is 1. The van der Waals surface area contributed by atoms with Crippen LogP contribution in [0, 0.1) is 10.5 Å². The second-order valence-electron chi connectivity index (χ2n) is 2.94. The van der Waals surface area contributed by atoms with Crippen molar-refractivity contribution in [2.24, 2.45) is 0 Å². The first-order chi connectivity index (χ1) is 6.18. The molecule has 0 amide bonds. The topological polar surface area (TPSA) is 20.2 Å². The Morgan fingerprint density at radius 2 is 2.00 bits per heavy atom. The van der Waals surface area contributed by atoms with Crippen molar-refractivity contribution >= 4 is 33.4 Å². The highest BCUT2D eigenvalue weighted by Gasteiger charge is 2.02. The van der Waals surface area contributed by atoms with Crippen molar-refractivity contribution in [1.29, 1.82) is 0 Å². The highest BCUT2D eigenvalue weighted by Crippen LogP contribution is 2.27. The summed E-state index contributed by atoms with van der Waals surface area (Å²) in [6.45, 7) is 3.91. The molecule has 2 aromatic rings. The number of halogens is 1. The van der Waals surface area contributed by atoms with E-state index < -0.39 is 0 Å². The number of hydrogen-bond acceptors (Lipinski definition) is 1. The minimum Gasteiger partial charge on any atom is -0.508 e. The molecule has 0 saturated carbocycles. The molecule has 0 fully saturated rings. The second-order valence-corrected chi connectivity index (χ2v) is 4.11. The summed E-state index contributed by atoms with van der Waals surface area (Å²) in [5.41, 5.74) is 0.875. The third-order valence-electron chi connectivity index (χ3n) is 1.99. The minimum absolute atomic E-state index is 0.277. The highest BCUT2D eigenvalue weighted by molar-refractivity contribution is 14.1. The van der Waals surface area contributed by atoms with Crippen molar-refractivity contribution in [3.05, 3.63) is 46.4 Å². The predicted molar refractivity (Wildman–Crippen MR) is 62.8 cm³/mol. The molecule has 0 spiro atoms. The third kappa shape index (κ3) is 1.50. The summed E-state index contributed by atoms with van der Waals surface area (Å²) in [7, 11) is 0. The van der Waals surface area contributed by atoms with Crippen LogP contribution in [0.15, 0.2) is 30.3 Å².